The Balaban J connectivity index is 1.27. The van der Waals surface area contributed by atoms with Crippen LogP contribution in [0.1, 0.15) is 46.0 Å². The highest BCUT2D eigenvalue weighted by atomic mass is 16.5. The number of piperidine rings is 1. The van der Waals surface area contributed by atoms with Crippen molar-refractivity contribution >= 4 is 23.4 Å². The molecular weight excluding hydrogens is 422 g/mol. The number of nitrogens with zero attached hydrogens (tertiary/aromatic N) is 2. The SMILES string of the molecule is COc1ccc(N2CC(C(=O)N3CCC(C(=O)NC4CCOC(C)(C)C4)CC3)CC2=O)cc1. The molecule has 2 unspecified atom stereocenters. The zero-order valence-electron chi connectivity index (χ0n) is 19.8. The predicted octanol–water partition coefficient (Wildman–Crippen LogP) is 2.36. The molecule has 8 heteroatoms. The number of likely N-dealkylation sites (tertiary alicyclic amines) is 1. The molecule has 0 aliphatic carbocycles. The number of amides is 3. The van der Waals surface area contributed by atoms with Crippen molar-refractivity contribution in [1.82, 2.24) is 10.2 Å². The van der Waals surface area contributed by atoms with Gasteiger partial charge in [0, 0.05) is 50.3 Å². The maximum absolute atomic E-state index is 13.1. The molecule has 0 radical (unpaired) electrons. The van der Waals surface area contributed by atoms with Gasteiger partial charge in [0.25, 0.3) is 0 Å². The maximum Gasteiger partial charge on any atom is 0.228 e. The summed E-state index contributed by atoms with van der Waals surface area (Å²) in [5.74, 6) is 0.393. The highest BCUT2D eigenvalue weighted by molar-refractivity contribution is 6.00. The Bertz CT molecular complexity index is 877. The zero-order chi connectivity index (χ0) is 23.6. The lowest BCUT2D eigenvalue weighted by Crippen LogP contribution is -2.50. The smallest absolute Gasteiger partial charge is 0.228 e. The van der Waals surface area contributed by atoms with Gasteiger partial charge in [-0.3, -0.25) is 14.4 Å². The lowest BCUT2D eigenvalue weighted by atomic mass is 9.91. The summed E-state index contributed by atoms with van der Waals surface area (Å²) in [7, 11) is 1.60. The number of ether oxygens (including phenoxy) is 2. The Hall–Kier alpha value is -2.61. The number of rotatable bonds is 5. The van der Waals surface area contributed by atoms with Crippen molar-refractivity contribution < 1.29 is 23.9 Å². The van der Waals surface area contributed by atoms with E-state index in [-0.39, 0.29) is 47.6 Å². The summed E-state index contributed by atoms with van der Waals surface area (Å²) >= 11 is 0. The van der Waals surface area contributed by atoms with Crippen LogP contribution in [0, 0.1) is 11.8 Å². The first-order valence-electron chi connectivity index (χ1n) is 11.9. The van der Waals surface area contributed by atoms with E-state index in [2.05, 4.69) is 19.2 Å². The Morgan fingerprint density at radius 3 is 2.42 bits per heavy atom. The van der Waals surface area contributed by atoms with Crippen molar-refractivity contribution in [2.45, 2.75) is 57.6 Å². The normalized spacial score (nSPS) is 25.7. The molecule has 0 spiro atoms. The summed E-state index contributed by atoms with van der Waals surface area (Å²) < 4.78 is 10.9. The number of methoxy groups -OCH3 is 1. The summed E-state index contributed by atoms with van der Waals surface area (Å²) in [6, 6.07) is 7.46. The van der Waals surface area contributed by atoms with Gasteiger partial charge in [0.15, 0.2) is 0 Å². The molecule has 0 bridgehead atoms. The van der Waals surface area contributed by atoms with Crippen LogP contribution in [0.3, 0.4) is 0 Å². The molecule has 1 aromatic carbocycles. The Kier molecular flexibility index (Phi) is 6.93. The number of carbonyl (C=O) groups excluding carboxylic acids is 3. The summed E-state index contributed by atoms with van der Waals surface area (Å²) in [5, 5.41) is 3.20. The van der Waals surface area contributed by atoms with Gasteiger partial charge in [-0.25, -0.2) is 0 Å². The topological polar surface area (TPSA) is 88.2 Å². The van der Waals surface area contributed by atoms with E-state index in [0.717, 1.165) is 24.3 Å². The molecular formula is C25H35N3O5. The first kappa shape index (κ1) is 23.5. The van der Waals surface area contributed by atoms with Gasteiger partial charge in [-0.05, 0) is 63.8 Å². The maximum atomic E-state index is 13.1. The fourth-order valence-electron chi connectivity index (χ4n) is 5.18. The number of hydrogen-bond acceptors (Lipinski definition) is 5. The van der Waals surface area contributed by atoms with E-state index >= 15 is 0 Å². The quantitative estimate of drug-likeness (QED) is 0.733. The Morgan fingerprint density at radius 1 is 1.09 bits per heavy atom. The molecule has 8 nitrogen and oxygen atoms in total. The monoisotopic (exact) mass is 457 g/mol. The average molecular weight is 458 g/mol. The predicted molar refractivity (Wildman–Crippen MR) is 124 cm³/mol. The highest BCUT2D eigenvalue weighted by Crippen LogP contribution is 2.30. The third-order valence-electron chi connectivity index (χ3n) is 7.08. The van der Waals surface area contributed by atoms with Crippen LogP contribution in [0.15, 0.2) is 24.3 Å². The van der Waals surface area contributed by atoms with Crippen LogP contribution in [-0.4, -0.2) is 67.6 Å². The van der Waals surface area contributed by atoms with E-state index in [1.54, 1.807) is 12.0 Å². The Morgan fingerprint density at radius 2 is 1.79 bits per heavy atom. The number of benzene rings is 1. The molecule has 0 saturated carbocycles. The molecule has 1 aromatic rings. The molecule has 180 valence electrons. The van der Waals surface area contributed by atoms with Crippen molar-refractivity contribution in [3.8, 4) is 5.75 Å². The van der Waals surface area contributed by atoms with Crippen LogP contribution in [-0.2, 0) is 19.1 Å². The van der Waals surface area contributed by atoms with Crippen molar-refractivity contribution in [2.75, 3.05) is 38.3 Å². The van der Waals surface area contributed by atoms with Crippen LogP contribution in [0.25, 0.3) is 0 Å². The standard InChI is InChI=1S/C25H35N3O5/c1-25(2)15-19(10-13-33-25)26-23(30)17-8-11-27(12-9-17)24(31)18-14-22(29)28(16-18)20-4-6-21(32-3)7-5-20/h4-7,17-19H,8-16H2,1-3H3,(H,26,30). The van der Waals surface area contributed by atoms with Gasteiger partial charge in [0.1, 0.15) is 5.75 Å². The van der Waals surface area contributed by atoms with Crippen LogP contribution < -0.4 is 15.0 Å². The largest absolute Gasteiger partial charge is 0.497 e. The lowest BCUT2D eigenvalue weighted by molar-refractivity contribution is -0.139. The van der Waals surface area contributed by atoms with Gasteiger partial charge in [0.2, 0.25) is 17.7 Å². The van der Waals surface area contributed by atoms with Crippen LogP contribution in [0.4, 0.5) is 5.69 Å². The van der Waals surface area contributed by atoms with Crippen LogP contribution in [0.2, 0.25) is 0 Å². The van der Waals surface area contributed by atoms with Crippen LogP contribution >= 0.6 is 0 Å². The summed E-state index contributed by atoms with van der Waals surface area (Å²) in [4.78, 5) is 42.0. The van der Waals surface area contributed by atoms with E-state index in [1.165, 1.54) is 0 Å². The number of nitrogens with one attached hydrogen (secondary N) is 1. The van der Waals surface area contributed by atoms with Crippen molar-refractivity contribution in [1.29, 1.82) is 0 Å². The van der Waals surface area contributed by atoms with Gasteiger partial charge < -0.3 is 24.6 Å². The third kappa shape index (κ3) is 5.49. The van der Waals surface area contributed by atoms with Gasteiger partial charge in [-0.1, -0.05) is 0 Å². The minimum absolute atomic E-state index is 0.0180. The molecule has 33 heavy (non-hydrogen) atoms. The number of anilines is 1. The molecule has 3 heterocycles. The van der Waals surface area contributed by atoms with E-state index in [4.69, 9.17) is 9.47 Å². The van der Waals surface area contributed by atoms with Gasteiger partial charge in [0.05, 0.1) is 18.6 Å². The van der Waals surface area contributed by atoms with Gasteiger partial charge in [-0.2, -0.15) is 0 Å². The minimum Gasteiger partial charge on any atom is -0.497 e. The molecule has 2 atom stereocenters. The molecule has 3 aliphatic rings. The molecule has 3 amide bonds. The van der Waals surface area contributed by atoms with E-state index < -0.39 is 0 Å². The van der Waals surface area contributed by atoms with Gasteiger partial charge >= 0.3 is 0 Å². The van der Waals surface area contributed by atoms with Crippen molar-refractivity contribution in [2.24, 2.45) is 11.8 Å². The molecule has 3 saturated heterocycles. The zero-order valence-corrected chi connectivity index (χ0v) is 19.8. The number of hydrogen-bond donors (Lipinski definition) is 1. The van der Waals surface area contributed by atoms with E-state index in [0.29, 0.717) is 39.1 Å². The Labute approximate surface area is 195 Å². The number of carbonyl (C=O) groups is 3. The molecule has 4 rings (SSSR count). The van der Waals surface area contributed by atoms with Crippen molar-refractivity contribution in [3.05, 3.63) is 24.3 Å². The van der Waals surface area contributed by atoms with Gasteiger partial charge in [-0.15, -0.1) is 0 Å². The second kappa shape index (κ2) is 9.71. The molecule has 0 aromatic heterocycles. The molecule has 3 aliphatic heterocycles. The van der Waals surface area contributed by atoms with E-state index in [9.17, 15) is 14.4 Å². The summed E-state index contributed by atoms with van der Waals surface area (Å²) in [6.45, 7) is 6.28. The fourth-order valence-corrected chi connectivity index (χ4v) is 5.18. The molecule has 1 N–H and O–H groups in total. The second-order valence-corrected chi connectivity index (χ2v) is 10.0. The fraction of sp³-hybridized carbons (Fsp3) is 0.640. The van der Waals surface area contributed by atoms with Crippen LogP contribution in [0.5, 0.6) is 5.75 Å². The van der Waals surface area contributed by atoms with E-state index in [1.807, 2.05) is 29.2 Å². The minimum atomic E-state index is -0.338. The first-order chi connectivity index (χ1) is 15.8. The molecule has 3 fully saturated rings. The van der Waals surface area contributed by atoms with Crippen molar-refractivity contribution in [3.63, 3.8) is 0 Å². The first-order valence-corrected chi connectivity index (χ1v) is 11.9. The highest BCUT2D eigenvalue weighted by Gasteiger charge is 2.39. The average Bonchev–Trinajstić information content (AvgIpc) is 3.19. The summed E-state index contributed by atoms with van der Waals surface area (Å²) in [5.41, 5.74) is 0.576. The second-order valence-electron chi connectivity index (χ2n) is 10.0. The third-order valence-corrected chi connectivity index (χ3v) is 7.08. The summed E-state index contributed by atoms with van der Waals surface area (Å²) in [6.07, 6.45) is 3.20. The lowest BCUT2D eigenvalue weighted by Gasteiger charge is -2.37.